The first-order valence-corrected chi connectivity index (χ1v) is 5.88. The summed E-state index contributed by atoms with van der Waals surface area (Å²) in [6.45, 7) is 5.71. The van der Waals surface area contributed by atoms with E-state index in [1.807, 2.05) is 0 Å². The molecule has 80 valence electrons. The first-order valence-electron chi connectivity index (χ1n) is 5.88. The number of hydrogen-bond acceptors (Lipinski definition) is 2. The Kier molecular flexibility index (Phi) is 1.91. The molecule has 1 N–H and O–H groups in total. The number of nitrogens with zero attached hydrogens (tertiary/aromatic N) is 1. The van der Waals surface area contributed by atoms with Crippen molar-refractivity contribution in [2.45, 2.75) is 32.9 Å². The largest absolute Gasteiger partial charge is 0.363 e. The lowest BCUT2D eigenvalue weighted by Gasteiger charge is -2.35. The van der Waals surface area contributed by atoms with Crippen LogP contribution in [0.15, 0.2) is 18.2 Å². The van der Waals surface area contributed by atoms with Crippen LogP contribution in [0, 0.1) is 12.8 Å². The number of piperidine rings is 1. The monoisotopic (exact) mass is 202 g/mol. The maximum absolute atomic E-state index is 3.62. The van der Waals surface area contributed by atoms with E-state index in [1.54, 1.807) is 0 Å². The van der Waals surface area contributed by atoms with Gasteiger partial charge in [-0.25, -0.2) is 0 Å². The zero-order valence-electron chi connectivity index (χ0n) is 9.46. The Labute approximate surface area is 91.3 Å². The first-order chi connectivity index (χ1) is 7.24. The molecule has 2 heteroatoms. The summed E-state index contributed by atoms with van der Waals surface area (Å²) in [5.74, 6) is 0.829. The van der Waals surface area contributed by atoms with Crippen LogP contribution in [-0.4, -0.2) is 12.7 Å². The van der Waals surface area contributed by atoms with Gasteiger partial charge >= 0.3 is 0 Å². The molecular weight excluding hydrogens is 184 g/mol. The van der Waals surface area contributed by atoms with Gasteiger partial charge in [0.05, 0.1) is 17.5 Å². The molecular formula is C13H18N2. The molecule has 2 nitrogen and oxygen atoms in total. The predicted octanol–water partition coefficient (Wildman–Crippen LogP) is 2.98. The van der Waals surface area contributed by atoms with Crippen molar-refractivity contribution in [1.82, 2.24) is 0 Å². The molecule has 2 atom stereocenters. The van der Waals surface area contributed by atoms with E-state index in [-0.39, 0.29) is 0 Å². The molecule has 3 rings (SSSR count). The summed E-state index contributed by atoms with van der Waals surface area (Å²) >= 11 is 0. The number of hydrogen-bond donors (Lipinski definition) is 1. The molecule has 1 aromatic rings. The van der Waals surface area contributed by atoms with E-state index in [0.717, 1.165) is 5.92 Å². The molecule has 1 saturated heterocycles. The third-order valence-electron chi connectivity index (χ3n) is 3.60. The lowest BCUT2D eigenvalue weighted by Crippen LogP contribution is -2.42. The average molecular weight is 202 g/mol. The summed E-state index contributed by atoms with van der Waals surface area (Å²) < 4.78 is 0. The second-order valence-electron chi connectivity index (χ2n) is 5.02. The van der Waals surface area contributed by atoms with Crippen molar-refractivity contribution in [3.05, 3.63) is 23.8 Å². The summed E-state index contributed by atoms with van der Waals surface area (Å²) in [5.41, 5.74) is 4.07. The van der Waals surface area contributed by atoms with Crippen LogP contribution in [0.4, 0.5) is 11.4 Å². The molecule has 0 bridgehead atoms. The van der Waals surface area contributed by atoms with Gasteiger partial charge in [-0.2, -0.15) is 0 Å². The third kappa shape index (κ3) is 1.39. The highest BCUT2D eigenvalue weighted by Gasteiger charge is 2.32. The van der Waals surface area contributed by atoms with Crippen LogP contribution in [0.25, 0.3) is 0 Å². The summed E-state index contributed by atoms with van der Waals surface area (Å²) in [6.07, 6.45) is 3.17. The molecule has 0 amide bonds. The number of anilines is 2. The summed E-state index contributed by atoms with van der Waals surface area (Å²) in [7, 11) is 0. The van der Waals surface area contributed by atoms with Crippen molar-refractivity contribution in [1.29, 1.82) is 0 Å². The number of nitrogens with one attached hydrogen (secondary N) is 1. The van der Waals surface area contributed by atoms with Gasteiger partial charge in [0.1, 0.15) is 0 Å². The van der Waals surface area contributed by atoms with Gasteiger partial charge < -0.3 is 10.2 Å². The van der Waals surface area contributed by atoms with Crippen molar-refractivity contribution >= 4 is 11.4 Å². The summed E-state index contributed by atoms with van der Waals surface area (Å²) in [4.78, 5) is 2.53. The highest BCUT2D eigenvalue weighted by atomic mass is 15.3. The zero-order chi connectivity index (χ0) is 10.4. The quantitative estimate of drug-likeness (QED) is 0.695. The van der Waals surface area contributed by atoms with Gasteiger partial charge in [-0.15, -0.1) is 0 Å². The fraction of sp³-hybridized carbons (Fsp3) is 0.538. The van der Waals surface area contributed by atoms with Crippen LogP contribution in [0.5, 0.6) is 0 Å². The van der Waals surface area contributed by atoms with Gasteiger partial charge in [-0.3, -0.25) is 0 Å². The lowest BCUT2D eigenvalue weighted by atomic mass is 9.98. The molecule has 2 heterocycles. The molecule has 0 aliphatic carbocycles. The molecule has 0 radical (unpaired) electrons. The SMILES string of the molecule is Cc1ccc2c(c1)NC1CCC(C)CN21. The molecule has 2 aliphatic rings. The molecule has 1 fully saturated rings. The normalized spacial score (nSPS) is 28.3. The van der Waals surface area contributed by atoms with Crippen molar-refractivity contribution in [3.63, 3.8) is 0 Å². The van der Waals surface area contributed by atoms with Crippen molar-refractivity contribution in [2.75, 3.05) is 16.8 Å². The predicted molar refractivity (Wildman–Crippen MR) is 64.3 cm³/mol. The second-order valence-corrected chi connectivity index (χ2v) is 5.02. The lowest BCUT2D eigenvalue weighted by molar-refractivity contribution is 0.404. The minimum atomic E-state index is 0.554. The minimum Gasteiger partial charge on any atom is -0.363 e. The fourth-order valence-corrected chi connectivity index (χ4v) is 2.76. The Balaban J connectivity index is 1.97. The van der Waals surface area contributed by atoms with Crippen molar-refractivity contribution in [2.24, 2.45) is 5.92 Å². The van der Waals surface area contributed by atoms with Crippen molar-refractivity contribution < 1.29 is 0 Å². The Hall–Kier alpha value is -1.18. The van der Waals surface area contributed by atoms with Gasteiger partial charge in [-0.1, -0.05) is 13.0 Å². The van der Waals surface area contributed by atoms with E-state index >= 15 is 0 Å². The Morgan fingerprint density at radius 2 is 2.20 bits per heavy atom. The molecule has 1 aromatic carbocycles. The van der Waals surface area contributed by atoms with Crippen LogP contribution >= 0.6 is 0 Å². The Bertz CT molecular complexity index is 386. The molecule has 0 saturated carbocycles. The van der Waals surface area contributed by atoms with Gasteiger partial charge in [0.15, 0.2) is 0 Å². The van der Waals surface area contributed by atoms with E-state index in [4.69, 9.17) is 0 Å². The van der Waals surface area contributed by atoms with Crippen LogP contribution in [0.3, 0.4) is 0 Å². The highest BCUT2D eigenvalue weighted by molar-refractivity contribution is 5.76. The van der Waals surface area contributed by atoms with Gasteiger partial charge in [0.2, 0.25) is 0 Å². The summed E-state index contributed by atoms with van der Waals surface area (Å²) in [5, 5.41) is 3.62. The molecule has 15 heavy (non-hydrogen) atoms. The number of rotatable bonds is 0. The topological polar surface area (TPSA) is 15.3 Å². The van der Waals surface area contributed by atoms with Crippen LogP contribution in [0.2, 0.25) is 0 Å². The van der Waals surface area contributed by atoms with Crippen LogP contribution in [-0.2, 0) is 0 Å². The Morgan fingerprint density at radius 3 is 3.07 bits per heavy atom. The summed E-state index contributed by atoms with van der Waals surface area (Å²) in [6, 6.07) is 6.73. The zero-order valence-corrected chi connectivity index (χ0v) is 9.46. The van der Waals surface area contributed by atoms with E-state index in [0.29, 0.717) is 6.17 Å². The maximum Gasteiger partial charge on any atom is 0.0991 e. The van der Waals surface area contributed by atoms with Gasteiger partial charge in [0.25, 0.3) is 0 Å². The second kappa shape index (κ2) is 3.16. The van der Waals surface area contributed by atoms with Crippen LogP contribution < -0.4 is 10.2 Å². The minimum absolute atomic E-state index is 0.554. The molecule has 0 spiro atoms. The molecule has 0 aromatic heterocycles. The van der Waals surface area contributed by atoms with E-state index in [2.05, 4.69) is 42.3 Å². The van der Waals surface area contributed by atoms with E-state index in [1.165, 1.54) is 36.3 Å². The van der Waals surface area contributed by atoms with Gasteiger partial charge in [-0.05, 0) is 43.4 Å². The third-order valence-corrected chi connectivity index (χ3v) is 3.60. The standard InChI is InChI=1S/C13H18N2/c1-9-3-5-12-11(7-9)14-13-6-4-10(2)8-15(12)13/h3,5,7,10,13-14H,4,6,8H2,1-2H3. The van der Waals surface area contributed by atoms with Gasteiger partial charge in [0, 0.05) is 6.54 Å². The van der Waals surface area contributed by atoms with Crippen molar-refractivity contribution in [3.8, 4) is 0 Å². The maximum atomic E-state index is 3.62. The van der Waals surface area contributed by atoms with Crippen LogP contribution in [0.1, 0.15) is 25.3 Å². The molecule has 2 unspecified atom stereocenters. The van der Waals surface area contributed by atoms with E-state index in [9.17, 15) is 0 Å². The number of aryl methyl sites for hydroxylation is 1. The number of benzene rings is 1. The fourth-order valence-electron chi connectivity index (χ4n) is 2.76. The van der Waals surface area contributed by atoms with E-state index < -0.39 is 0 Å². The number of fused-ring (bicyclic) bond motifs is 3. The Morgan fingerprint density at radius 1 is 1.33 bits per heavy atom. The average Bonchev–Trinajstić information content (AvgIpc) is 2.54. The smallest absolute Gasteiger partial charge is 0.0991 e. The highest BCUT2D eigenvalue weighted by Crippen LogP contribution is 2.39. The molecule has 2 aliphatic heterocycles. The first kappa shape index (κ1) is 9.08.